The highest BCUT2D eigenvalue weighted by Gasteiger charge is 2.35. The van der Waals surface area contributed by atoms with E-state index >= 15 is 0 Å². The second-order valence-corrected chi connectivity index (χ2v) is 10.3. The Labute approximate surface area is 181 Å². The van der Waals surface area contributed by atoms with Gasteiger partial charge in [0.1, 0.15) is 6.10 Å². The van der Waals surface area contributed by atoms with E-state index in [1.807, 2.05) is 30.6 Å². The molecule has 2 atom stereocenters. The Kier molecular flexibility index (Phi) is 5.94. The Morgan fingerprint density at radius 2 is 1.80 bits per heavy atom. The maximum Gasteiger partial charge on any atom is 0.254 e. The van der Waals surface area contributed by atoms with Crippen molar-refractivity contribution in [3.8, 4) is 0 Å². The molecule has 0 spiro atoms. The van der Waals surface area contributed by atoms with Gasteiger partial charge >= 0.3 is 0 Å². The van der Waals surface area contributed by atoms with E-state index in [4.69, 9.17) is 4.74 Å². The third-order valence-corrected chi connectivity index (χ3v) is 7.15. The summed E-state index contributed by atoms with van der Waals surface area (Å²) in [6.07, 6.45) is 1.41. The van der Waals surface area contributed by atoms with Gasteiger partial charge in [0, 0.05) is 56.6 Å². The molecule has 3 aliphatic heterocycles. The van der Waals surface area contributed by atoms with Gasteiger partial charge in [-0.15, -0.1) is 0 Å². The zero-order chi connectivity index (χ0) is 21.5. The van der Waals surface area contributed by atoms with Crippen LogP contribution in [-0.2, 0) is 26.3 Å². The summed E-state index contributed by atoms with van der Waals surface area (Å²) in [5, 5.41) is 0.698. The molecule has 2 fully saturated rings. The smallest absolute Gasteiger partial charge is 0.254 e. The summed E-state index contributed by atoms with van der Waals surface area (Å²) in [6.45, 7) is 9.27. The molecule has 2 unspecified atom stereocenters. The van der Waals surface area contributed by atoms with Gasteiger partial charge in [0.25, 0.3) is 11.5 Å². The number of fused-ring (bicyclic) bond motifs is 1. The SMILES string of the molecule is CC(C)(C)c1cc(=O)n2c(n1)SCC(C(=O)N1CCN(C(=O)C3CCCO3)CC1)C2. The first kappa shape index (κ1) is 21.4. The largest absolute Gasteiger partial charge is 0.368 e. The molecular formula is C21H30N4O4S. The number of carbonyl (C=O) groups is 2. The molecule has 0 N–H and O–H groups in total. The van der Waals surface area contributed by atoms with Gasteiger partial charge in [-0.05, 0) is 12.8 Å². The zero-order valence-electron chi connectivity index (χ0n) is 17.9. The number of amides is 2. The number of nitrogens with zero attached hydrogens (tertiary/aromatic N) is 4. The number of piperazine rings is 1. The average Bonchev–Trinajstić information content (AvgIpc) is 3.27. The van der Waals surface area contributed by atoms with Gasteiger partial charge in [-0.1, -0.05) is 32.5 Å². The molecule has 30 heavy (non-hydrogen) atoms. The first-order chi connectivity index (χ1) is 14.2. The number of carbonyl (C=O) groups excluding carboxylic acids is 2. The molecule has 0 aliphatic carbocycles. The van der Waals surface area contributed by atoms with Gasteiger partial charge in [-0.3, -0.25) is 19.0 Å². The molecule has 4 heterocycles. The molecule has 9 heteroatoms. The molecule has 1 aromatic rings. The van der Waals surface area contributed by atoms with Gasteiger partial charge in [-0.25, -0.2) is 4.98 Å². The van der Waals surface area contributed by atoms with Gasteiger partial charge < -0.3 is 14.5 Å². The number of ether oxygens (including phenoxy) is 1. The zero-order valence-corrected chi connectivity index (χ0v) is 18.7. The molecule has 164 valence electrons. The summed E-state index contributed by atoms with van der Waals surface area (Å²) in [4.78, 5) is 46.5. The lowest BCUT2D eigenvalue weighted by molar-refractivity contribution is -0.147. The maximum absolute atomic E-state index is 13.1. The lowest BCUT2D eigenvalue weighted by Crippen LogP contribution is -2.54. The van der Waals surface area contributed by atoms with Gasteiger partial charge in [0.2, 0.25) is 5.91 Å². The number of rotatable bonds is 2. The Hall–Kier alpha value is -1.87. The van der Waals surface area contributed by atoms with Gasteiger partial charge in [-0.2, -0.15) is 0 Å². The van der Waals surface area contributed by atoms with Crippen LogP contribution in [0.4, 0.5) is 0 Å². The Morgan fingerprint density at radius 1 is 1.13 bits per heavy atom. The van der Waals surface area contributed by atoms with Crippen molar-refractivity contribution in [2.45, 2.75) is 56.8 Å². The fraction of sp³-hybridized carbons (Fsp3) is 0.714. The number of hydrogen-bond acceptors (Lipinski definition) is 6. The van der Waals surface area contributed by atoms with Crippen LogP contribution >= 0.6 is 11.8 Å². The quantitative estimate of drug-likeness (QED) is 0.649. The second kappa shape index (κ2) is 8.34. The summed E-state index contributed by atoms with van der Waals surface area (Å²) < 4.78 is 7.13. The van der Waals surface area contributed by atoms with Crippen molar-refractivity contribution in [1.29, 1.82) is 0 Å². The van der Waals surface area contributed by atoms with E-state index in [-0.39, 0.29) is 34.8 Å². The summed E-state index contributed by atoms with van der Waals surface area (Å²) in [6, 6.07) is 1.59. The third-order valence-electron chi connectivity index (χ3n) is 6.02. The lowest BCUT2D eigenvalue weighted by Gasteiger charge is -2.38. The normalized spacial score (nSPS) is 24.6. The molecule has 2 amide bonds. The highest BCUT2D eigenvalue weighted by Crippen LogP contribution is 2.29. The monoisotopic (exact) mass is 434 g/mol. The highest BCUT2D eigenvalue weighted by atomic mass is 32.2. The molecule has 0 radical (unpaired) electrons. The van der Waals surface area contributed by atoms with Crippen LogP contribution in [0, 0.1) is 5.92 Å². The van der Waals surface area contributed by atoms with Gasteiger partial charge in [0.05, 0.1) is 11.6 Å². The Balaban J connectivity index is 1.38. The summed E-state index contributed by atoms with van der Waals surface area (Å²) in [5.74, 6) is 0.481. The van der Waals surface area contributed by atoms with Crippen molar-refractivity contribution in [1.82, 2.24) is 19.4 Å². The van der Waals surface area contributed by atoms with Crippen LogP contribution in [0.1, 0.15) is 39.3 Å². The molecule has 2 saturated heterocycles. The molecule has 3 aliphatic rings. The predicted molar refractivity (Wildman–Crippen MR) is 114 cm³/mol. The fourth-order valence-electron chi connectivity index (χ4n) is 4.13. The van der Waals surface area contributed by atoms with Crippen molar-refractivity contribution in [2.75, 3.05) is 38.5 Å². The fourth-order valence-corrected chi connectivity index (χ4v) is 5.21. The van der Waals surface area contributed by atoms with Crippen LogP contribution in [0.5, 0.6) is 0 Å². The number of hydrogen-bond donors (Lipinski definition) is 0. The van der Waals surface area contributed by atoms with Gasteiger partial charge in [0.15, 0.2) is 5.16 Å². The minimum Gasteiger partial charge on any atom is -0.368 e. The summed E-state index contributed by atoms with van der Waals surface area (Å²) in [7, 11) is 0. The van der Waals surface area contributed by atoms with Crippen molar-refractivity contribution >= 4 is 23.6 Å². The van der Waals surface area contributed by atoms with Crippen molar-refractivity contribution in [3.05, 3.63) is 22.1 Å². The number of thioether (sulfide) groups is 1. The van der Waals surface area contributed by atoms with E-state index in [0.29, 0.717) is 50.2 Å². The van der Waals surface area contributed by atoms with E-state index < -0.39 is 0 Å². The first-order valence-corrected chi connectivity index (χ1v) is 11.7. The molecule has 0 bridgehead atoms. The van der Waals surface area contributed by atoms with Crippen LogP contribution in [0.2, 0.25) is 0 Å². The summed E-state index contributed by atoms with van der Waals surface area (Å²) in [5.41, 5.74) is 0.493. The van der Waals surface area contributed by atoms with Crippen LogP contribution in [0.25, 0.3) is 0 Å². The average molecular weight is 435 g/mol. The second-order valence-electron chi connectivity index (χ2n) is 9.28. The number of aromatic nitrogens is 2. The maximum atomic E-state index is 13.1. The Morgan fingerprint density at radius 3 is 2.40 bits per heavy atom. The molecule has 0 saturated carbocycles. The summed E-state index contributed by atoms with van der Waals surface area (Å²) >= 11 is 1.48. The topological polar surface area (TPSA) is 84.7 Å². The van der Waals surface area contributed by atoms with Crippen molar-refractivity contribution in [3.63, 3.8) is 0 Å². The Bertz CT molecular complexity index is 880. The molecular weight excluding hydrogens is 404 g/mol. The minimum absolute atomic E-state index is 0.0500. The van der Waals surface area contributed by atoms with Crippen LogP contribution in [0.3, 0.4) is 0 Å². The minimum atomic E-state index is -0.309. The highest BCUT2D eigenvalue weighted by molar-refractivity contribution is 7.99. The van der Waals surface area contributed by atoms with Crippen LogP contribution in [-0.4, -0.2) is 75.8 Å². The first-order valence-electron chi connectivity index (χ1n) is 10.7. The van der Waals surface area contributed by atoms with Crippen molar-refractivity contribution in [2.24, 2.45) is 5.92 Å². The standard InChI is InChI=1S/C21H30N4O4S/c1-21(2,3)16-11-17(26)25-12-14(13-30-20(25)22-16)18(27)23-6-8-24(9-7-23)19(28)15-5-4-10-29-15/h11,14-15H,4-10,12-13H2,1-3H3. The van der Waals surface area contributed by atoms with E-state index in [1.54, 1.807) is 10.6 Å². The van der Waals surface area contributed by atoms with Crippen molar-refractivity contribution < 1.29 is 14.3 Å². The van der Waals surface area contributed by atoms with E-state index in [9.17, 15) is 14.4 Å². The van der Waals surface area contributed by atoms with E-state index in [0.717, 1.165) is 18.5 Å². The van der Waals surface area contributed by atoms with E-state index in [1.165, 1.54) is 11.8 Å². The van der Waals surface area contributed by atoms with Crippen LogP contribution in [0.15, 0.2) is 16.0 Å². The van der Waals surface area contributed by atoms with E-state index in [2.05, 4.69) is 4.98 Å². The molecule has 0 aromatic carbocycles. The van der Waals surface area contributed by atoms with Crippen LogP contribution < -0.4 is 5.56 Å². The molecule has 4 rings (SSSR count). The predicted octanol–water partition coefficient (Wildman–Crippen LogP) is 1.11. The molecule has 8 nitrogen and oxygen atoms in total. The third kappa shape index (κ3) is 4.27. The lowest BCUT2D eigenvalue weighted by atomic mass is 9.92. The molecule has 1 aromatic heterocycles.